The van der Waals surface area contributed by atoms with Gasteiger partial charge in [0, 0.05) is 18.9 Å². The monoisotopic (exact) mass is 384 g/mol. The van der Waals surface area contributed by atoms with E-state index in [9.17, 15) is 0 Å². The smallest absolute Gasteiger partial charge is 0.120 e. The highest BCUT2D eigenvalue weighted by Crippen LogP contribution is 2.35. The normalized spacial score (nSPS) is 13.2. The number of ether oxygens (including phenoxy) is 3. The van der Waals surface area contributed by atoms with Crippen molar-refractivity contribution >= 4 is 0 Å². The van der Waals surface area contributed by atoms with Gasteiger partial charge >= 0.3 is 0 Å². The molecule has 2 rings (SSSR count). The highest BCUT2D eigenvalue weighted by molar-refractivity contribution is 5.41. The molecule has 3 heteroatoms. The van der Waals surface area contributed by atoms with Gasteiger partial charge in [-0.1, -0.05) is 52.0 Å². The minimum absolute atomic E-state index is 0.0953. The predicted octanol–water partition coefficient (Wildman–Crippen LogP) is 6.38. The molecule has 0 aliphatic heterocycles. The first-order chi connectivity index (χ1) is 13.3. The van der Waals surface area contributed by atoms with Gasteiger partial charge in [0.25, 0.3) is 0 Å². The molecule has 0 fully saturated rings. The Kier molecular flexibility index (Phi) is 7.54. The number of hydrogen-bond acceptors (Lipinski definition) is 3. The third-order valence-electron chi connectivity index (χ3n) is 6.07. The van der Waals surface area contributed by atoms with Crippen LogP contribution in [0.3, 0.4) is 0 Å². The van der Waals surface area contributed by atoms with E-state index in [1.54, 1.807) is 14.2 Å². The molecule has 154 valence electrons. The molecule has 0 saturated heterocycles. The Morgan fingerprint density at radius 3 is 1.64 bits per heavy atom. The van der Waals surface area contributed by atoms with Gasteiger partial charge in [0.15, 0.2) is 0 Å². The summed E-state index contributed by atoms with van der Waals surface area (Å²) >= 11 is 0. The van der Waals surface area contributed by atoms with Gasteiger partial charge in [0.1, 0.15) is 17.1 Å². The average molecular weight is 385 g/mol. The third-order valence-corrected chi connectivity index (χ3v) is 6.07. The van der Waals surface area contributed by atoms with Crippen LogP contribution in [0.5, 0.6) is 11.5 Å². The first kappa shape index (κ1) is 22.3. The Hall–Kier alpha value is -2.00. The van der Waals surface area contributed by atoms with E-state index >= 15 is 0 Å². The second-order valence-corrected chi connectivity index (χ2v) is 8.12. The molecule has 0 bridgehead atoms. The molecule has 0 spiro atoms. The zero-order valence-corrected chi connectivity index (χ0v) is 18.5. The fourth-order valence-corrected chi connectivity index (χ4v) is 3.70. The van der Waals surface area contributed by atoms with E-state index in [4.69, 9.17) is 14.2 Å². The van der Waals surface area contributed by atoms with Crippen molar-refractivity contribution < 1.29 is 14.2 Å². The van der Waals surface area contributed by atoms with E-state index in [-0.39, 0.29) is 17.1 Å². The number of hydrogen-bond donors (Lipinski definition) is 0. The molecule has 2 aromatic rings. The summed E-state index contributed by atoms with van der Waals surface area (Å²) in [5.41, 5.74) is 2.23. The molecule has 0 aliphatic carbocycles. The van der Waals surface area contributed by atoms with Crippen LogP contribution in [0.2, 0.25) is 0 Å². The first-order valence-corrected chi connectivity index (χ1v) is 10.3. The maximum absolute atomic E-state index is 6.48. The van der Waals surface area contributed by atoms with Crippen molar-refractivity contribution in [3.05, 3.63) is 59.7 Å². The van der Waals surface area contributed by atoms with Gasteiger partial charge in [-0.25, -0.2) is 0 Å². The Bertz CT molecular complexity index is 712. The summed E-state index contributed by atoms with van der Waals surface area (Å²) < 4.78 is 17.2. The van der Waals surface area contributed by atoms with Crippen molar-refractivity contribution in [2.45, 2.75) is 71.0 Å². The van der Waals surface area contributed by atoms with Crippen molar-refractivity contribution in [1.29, 1.82) is 0 Å². The lowest BCUT2D eigenvalue weighted by atomic mass is 9.78. The molecule has 3 nitrogen and oxygen atoms in total. The summed E-state index contributed by atoms with van der Waals surface area (Å²) in [6, 6.07) is 16.8. The largest absolute Gasteiger partial charge is 0.497 e. The lowest BCUT2D eigenvalue weighted by molar-refractivity contribution is -0.00551. The topological polar surface area (TPSA) is 27.7 Å². The van der Waals surface area contributed by atoms with E-state index in [2.05, 4.69) is 71.0 Å². The van der Waals surface area contributed by atoms with Gasteiger partial charge in [-0.2, -0.15) is 0 Å². The molecule has 0 N–H and O–H groups in total. The minimum Gasteiger partial charge on any atom is -0.497 e. The Balaban J connectivity index is 2.21. The van der Waals surface area contributed by atoms with Crippen LogP contribution in [0.25, 0.3) is 0 Å². The van der Waals surface area contributed by atoms with E-state index in [0.29, 0.717) is 0 Å². The summed E-state index contributed by atoms with van der Waals surface area (Å²) in [5.74, 6) is 1.80. The van der Waals surface area contributed by atoms with Crippen LogP contribution in [-0.4, -0.2) is 25.9 Å². The quantitative estimate of drug-likeness (QED) is 0.475. The second kappa shape index (κ2) is 9.47. The third kappa shape index (κ3) is 5.08. The number of benzene rings is 2. The van der Waals surface area contributed by atoms with Crippen LogP contribution in [0, 0.1) is 0 Å². The van der Waals surface area contributed by atoms with Crippen LogP contribution in [-0.2, 0) is 10.2 Å². The predicted molar refractivity (Wildman–Crippen MR) is 117 cm³/mol. The molecule has 0 aliphatic rings. The van der Waals surface area contributed by atoms with Gasteiger partial charge in [0.05, 0.1) is 13.2 Å². The lowest BCUT2D eigenvalue weighted by Crippen LogP contribution is -2.38. The number of rotatable bonds is 10. The van der Waals surface area contributed by atoms with Gasteiger partial charge in [-0.05, 0) is 55.2 Å². The van der Waals surface area contributed by atoms with Crippen LogP contribution < -0.4 is 9.47 Å². The molecule has 0 amide bonds. The van der Waals surface area contributed by atoms with Crippen molar-refractivity contribution in [2.75, 3.05) is 14.2 Å². The van der Waals surface area contributed by atoms with Crippen molar-refractivity contribution in [3.63, 3.8) is 0 Å². The maximum Gasteiger partial charge on any atom is 0.120 e. The molecule has 0 heterocycles. The molecule has 28 heavy (non-hydrogen) atoms. The van der Waals surface area contributed by atoms with Crippen LogP contribution >= 0.6 is 0 Å². The molecule has 0 saturated carbocycles. The van der Waals surface area contributed by atoms with Gasteiger partial charge < -0.3 is 14.2 Å². The zero-order chi connectivity index (χ0) is 20.8. The molecule has 1 atom stereocenters. The Labute approximate surface area is 171 Å². The summed E-state index contributed by atoms with van der Waals surface area (Å²) in [6.45, 7) is 11.0. The van der Waals surface area contributed by atoms with Crippen molar-refractivity contribution in [3.8, 4) is 11.5 Å². The van der Waals surface area contributed by atoms with E-state index in [0.717, 1.165) is 30.8 Å². The Morgan fingerprint density at radius 2 is 1.25 bits per heavy atom. The Morgan fingerprint density at radius 1 is 0.786 bits per heavy atom. The van der Waals surface area contributed by atoms with Gasteiger partial charge in [-0.3, -0.25) is 0 Å². The fraction of sp³-hybridized carbons (Fsp3) is 0.520. The highest BCUT2D eigenvalue weighted by Gasteiger charge is 2.31. The minimum atomic E-state index is -0.192. The van der Waals surface area contributed by atoms with E-state index in [1.807, 2.05) is 12.1 Å². The van der Waals surface area contributed by atoms with Crippen LogP contribution in [0.15, 0.2) is 48.5 Å². The van der Waals surface area contributed by atoms with Crippen molar-refractivity contribution in [1.82, 2.24) is 0 Å². The summed E-state index contributed by atoms with van der Waals surface area (Å²) in [7, 11) is 3.45. The SMILES string of the molecule is CCC(CC)(CC(C)OC)Oc1ccc(C(C)(C)c2ccc(OC)cc2)cc1. The van der Waals surface area contributed by atoms with Crippen LogP contribution in [0.1, 0.15) is 65.0 Å². The van der Waals surface area contributed by atoms with Crippen LogP contribution in [0.4, 0.5) is 0 Å². The number of methoxy groups -OCH3 is 2. The van der Waals surface area contributed by atoms with E-state index < -0.39 is 0 Å². The van der Waals surface area contributed by atoms with Crippen molar-refractivity contribution in [2.24, 2.45) is 0 Å². The average Bonchev–Trinajstić information content (AvgIpc) is 2.73. The zero-order valence-electron chi connectivity index (χ0n) is 18.5. The fourth-order valence-electron chi connectivity index (χ4n) is 3.70. The standard InChI is InChI=1S/C25H36O3/c1-8-25(9-2,18-19(3)26-6)28-23-16-12-21(13-17-23)24(4,5)20-10-14-22(27-7)15-11-20/h10-17,19H,8-9,18H2,1-7H3. The van der Waals surface area contributed by atoms with E-state index in [1.165, 1.54) is 11.1 Å². The lowest BCUT2D eigenvalue weighted by Gasteiger charge is -2.35. The second-order valence-electron chi connectivity index (χ2n) is 8.12. The molecule has 0 radical (unpaired) electrons. The molecular formula is C25H36O3. The van der Waals surface area contributed by atoms with Gasteiger partial charge in [-0.15, -0.1) is 0 Å². The first-order valence-electron chi connectivity index (χ1n) is 10.3. The maximum atomic E-state index is 6.48. The molecular weight excluding hydrogens is 348 g/mol. The summed E-state index contributed by atoms with van der Waals surface area (Å²) in [6.07, 6.45) is 2.97. The molecule has 0 aromatic heterocycles. The summed E-state index contributed by atoms with van der Waals surface area (Å²) in [4.78, 5) is 0. The van der Waals surface area contributed by atoms with Gasteiger partial charge in [0.2, 0.25) is 0 Å². The molecule has 2 aromatic carbocycles. The summed E-state index contributed by atoms with van der Waals surface area (Å²) in [5, 5.41) is 0. The highest BCUT2D eigenvalue weighted by atomic mass is 16.5. The molecule has 1 unspecified atom stereocenters.